The van der Waals surface area contributed by atoms with Crippen LogP contribution in [-0.2, 0) is 6.42 Å². The number of hydrogen-bond acceptors (Lipinski definition) is 4. The zero-order valence-corrected chi connectivity index (χ0v) is 11.8. The van der Waals surface area contributed by atoms with Crippen LogP contribution in [0.5, 0.6) is 11.6 Å². The molecule has 0 bridgehead atoms. The summed E-state index contributed by atoms with van der Waals surface area (Å²) in [6.07, 6.45) is 2.32. The Kier molecular flexibility index (Phi) is 5.09. The van der Waals surface area contributed by atoms with Crippen molar-refractivity contribution >= 4 is 0 Å². The molecule has 0 saturated carbocycles. The molecule has 1 unspecified atom stereocenters. The van der Waals surface area contributed by atoms with Crippen LogP contribution in [0.2, 0.25) is 0 Å². The number of rotatable bonds is 6. The van der Waals surface area contributed by atoms with Crippen LogP contribution in [0.3, 0.4) is 0 Å². The van der Waals surface area contributed by atoms with Crippen LogP contribution >= 0.6 is 0 Å². The quantitative estimate of drug-likeness (QED) is 0.849. The fourth-order valence-corrected chi connectivity index (χ4v) is 1.96. The standard InChI is InChI=1S/C16H20N2O2/c1-12(17-2)14-7-9-18-16(11-14)20-15-6-4-3-5-13(15)8-10-19/h3-7,9,11-12,17,19H,8,10H2,1-2H3. The Labute approximate surface area is 119 Å². The molecule has 1 heterocycles. The molecule has 0 spiro atoms. The van der Waals surface area contributed by atoms with Crippen LogP contribution < -0.4 is 10.1 Å². The molecule has 0 aliphatic rings. The topological polar surface area (TPSA) is 54.4 Å². The summed E-state index contributed by atoms with van der Waals surface area (Å²) >= 11 is 0. The summed E-state index contributed by atoms with van der Waals surface area (Å²) < 4.78 is 5.85. The minimum absolute atomic E-state index is 0.102. The van der Waals surface area contributed by atoms with Gasteiger partial charge in [0.15, 0.2) is 0 Å². The molecular formula is C16H20N2O2. The molecule has 0 fully saturated rings. The number of ether oxygens (including phenoxy) is 1. The second-order valence-electron chi connectivity index (χ2n) is 4.62. The van der Waals surface area contributed by atoms with Gasteiger partial charge < -0.3 is 15.2 Å². The first-order valence-corrected chi connectivity index (χ1v) is 6.74. The largest absolute Gasteiger partial charge is 0.439 e. The number of hydrogen-bond donors (Lipinski definition) is 2. The predicted octanol–water partition coefficient (Wildman–Crippen LogP) is 2.69. The van der Waals surface area contributed by atoms with Gasteiger partial charge in [-0.2, -0.15) is 0 Å². The Hall–Kier alpha value is -1.91. The van der Waals surface area contributed by atoms with Gasteiger partial charge >= 0.3 is 0 Å². The van der Waals surface area contributed by atoms with Crippen LogP contribution in [0.4, 0.5) is 0 Å². The van der Waals surface area contributed by atoms with Crippen molar-refractivity contribution in [2.24, 2.45) is 0 Å². The minimum atomic E-state index is 0.102. The van der Waals surface area contributed by atoms with Crippen LogP contribution in [-0.4, -0.2) is 23.7 Å². The molecule has 106 valence electrons. The normalized spacial score (nSPS) is 12.2. The summed E-state index contributed by atoms with van der Waals surface area (Å²) in [7, 11) is 1.92. The maximum atomic E-state index is 9.08. The zero-order valence-electron chi connectivity index (χ0n) is 11.8. The van der Waals surface area contributed by atoms with Gasteiger partial charge in [-0.25, -0.2) is 4.98 Å². The summed E-state index contributed by atoms with van der Waals surface area (Å²) in [6, 6.07) is 11.8. The number of nitrogens with zero attached hydrogens (tertiary/aromatic N) is 1. The molecule has 0 amide bonds. The van der Waals surface area contributed by atoms with E-state index in [1.807, 2.05) is 43.4 Å². The SMILES string of the molecule is CNC(C)c1ccnc(Oc2ccccc2CCO)c1. The maximum Gasteiger partial charge on any atom is 0.219 e. The highest BCUT2D eigenvalue weighted by Gasteiger charge is 2.08. The number of aromatic nitrogens is 1. The van der Waals surface area contributed by atoms with Gasteiger partial charge in [-0.15, -0.1) is 0 Å². The van der Waals surface area contributed by atoms with Gasteiger partial charge in [0.05, 0.1) is 0 Å². The molecule has 1 atom stereocenters. The third-order valence-electron chi connectivity index (χ3n) is 3.26. The van der Waals surface area contributed by atoms with Crippen molar-refractivity contribution < 1.29 is 9.84 Å². The third kappa shape index (κ3) is 3.56. The lowest BCUT2D eigenvalue weighted by Crippen LogP contribution is -2.12. The molecule has 0 aliphatic heterocycles. The predicted molar refractivity (Wildman–Crippen MR) is 79.0 cm³/mol. The summed E-state index contributed by atoms with van der Waals surface area (Å²) in [5.41, 5.74) is 2.10. The highest BCUT2D eigenvalue weighted by atomic mass is 16.5. The van der Waals surface area contributed by atoms with Crippen molar-refractivity contribution in [1.29, 1.82) is 0 Å². The average Bonchev–Trinajstić information content (AvgIpc) is 2.49. The highest BCUT2D eigenvalue weighted by Crippen LogP contribution is 2.25. The molecule has 0 radical (unpaired) electrons. The molecule has 1 aromatic heterocycles. The van der Waals surface area contributed by atoms with Crippen molar-refractivity contribution in [3.8, 4) is 11.6 Å². The van der Waals surface area contributed by atoms with Gasteiger partial charge in [-0.05, 0) is 43.7 Å². The Morgan fingerprint density at radius 3 is 2.85 bits per heavy atom. The number of pyridine rings is 1. The Morgan fingerprint density at radius 1 is 1.30 bits per heavy atom. The van der Waals surface area contributed by atoms with Crippen molar-refractivity contribution in [2.45, 2.75) is 19.4 Å². The average molecular weight is 272 g/mol. The fourth-order valence-electron chi connectivity index (χ4n) is 1.96. The van der Waals surface area contributed by atoms with E-state index in [0.717, 1.165) is 16.9 Å². The number of aliphatic hydroxyl groups is 1. The monoisotopic (exact) mass is 272 g/mol. The first kappa shape index (κ1) is 14.5. The summed E-state index contributed by atoms with van der Waals surface area (Å²) in [5, 5.41) is 12.3. The van der Waals surface area contributed by atoms with E-state index in [0.29, 0.717) is 12.3 Å². The molecule has 2 aromatic rings. The lowest BCUT2D eigenvalue weighted by atomic mass is 10.1. The van der Waals surface area contributed by atoms with E-state index < -0.39 is 0 Å². The van der Waals surface area contributed by atoms with E-state index >= 15 is 0 Å². The van der Waals surface area contributed by atoms with Gasteiger partial charge in [0, 0.05) is 24.9 Å². The minimum Gasteiger partial charge on any atom is -0.439 e. The van der Waals surface area contributed by atoms with E-state index in [-0.39, 0.29) is 12.6 Å². The first-order chi connectivity index (χ1) is 9.74. The second-order valence-corrected chi connectivity index (χ2v) is 4.62. The molecule has 1 aromatic carbocycles. The van der Waals surface area contributed by atoms with Gasteiger partial charge in [-0.1, -0.05) is 18.2 Å². The number of aliphatic hydroxyl groups excluding tert-OH is 1. The summed E-state index contributed by atoms with van der Waals surface area (Å²) in [4.78, 5) is 4.24. The van der Waals surface area contributed by atoms with Crippen molar-refractivity contribution in [2.75, 3.05) is 13.7 Å². The molecule has 4 nitrogen and oxygen atoms in total. The van der Waals surface area contributed by atoms with E-state index in [9.17, 15) is 0 Å². The van der Waals surface area contributed by atoms with E-state index in [1.165, 1.54) is 0 Å². The summed E-state index contributed by atoms with van der Waals surface area (Å²) in [6.45, 7) is 2.18. The third-order valence-corrected chi connectivity index (χ3v) is 3.26. The molecule has 2 rings (SSSR count). The lowest BCUT2D eigenvalue weighted by molar-refractivity contribution is 0.297. The molecule has 0 aliphatic carbocycles. The Bertz CT molecular complexity index is 558. The van der Waals surface area contributed by atoms with Crippen LogP contribution in [0.1, 0.15) is 24.1 Å². The van der Waals surface area contributed by atoms with Gasteiger partial charge in [0.25, 0.3) is 0 Å². The Balaban J connectivity index is 2.22. The molecule has 20 heavy (non-hydrogen) atoms. The van der Waals surface area contributed by atoms with Gasteiger partial charge in [0.1, 0.15) is 5.75 Å². The fraction of sp³-hybridized carbons (Fsp3) is 0.312. The zero-order chi connectivity index (χ0) is 14.4. The van der Waals surface area contributed by atoms with E-state index in [1.54, 1.807) is 6.20 Å². The van der Waals surface area contributed by atoms with Crippen molar-refractivity contribution in [3.05, 3.63) is 53.7 Å². The van der Waals surface area contributed by atoms with E-state index in [4.69, 9.17) is 9.84 Å². The molecule has 0 saturated heterocycles. The van der Waals surface area contributed by atoms with Crippen molar-refractivity contribution in [3.63, 3.8) is 0 Å². The van der Waals surface area contributed by atoms with Crippen LogP contribution in [0, 0.1) is 0 Å². The Morgan fingerprint density at radius 2 is 2.10 bits per heavy atom. The lowest BCUT2D eigenvalue weighted by Gasteiger charge is -2.13. The molecular weight excluding hydrogens is 252 g/mol. The molecule has 4 heteroatoms. The van der Waals surface area contributed by atoms with Gasteiger partial charge in [0.2, 0.25) is 5.88 Å². The van der Waals surface area contributed by atoms with E-state index in [2.05, 4.69) is 17.2 Å². The van der Waals surface area contributed by atoms with Crippen LogP contribution in [0.15, 0.2) is 42.6 Å². The second kappa shape index (κ2) is 7.03. The summed E-state index contributed by atoms with van der Waals surface area (Å²) in [5.74, 6) is 1.30. The molecule has 2 N–H and O–H groups in total. The number of benzene rings is 1. The van der Waals surface area contributed by atoms with Gasteiger partial charge in [-0.3, -0.25) is 0 Å². The number of nitrogens with one attached hydrogen (secondary N) is 1. The first-order valence-electron chi connectivity index (χ1n) is 6.74. The highest BCUT2D eigenvalue weighted by molar-refractivity contribution is 5.37. The smallest absolute Gasteiger partial charge is 0.219 e. The maximum absolute atomic E-state index is 9.08. The number of para-hydroxylation sites is 1. The van der Waals surface area contributed by atoms with Crippen LogP contribution in [0.25, 0.3) is 0 Å². The van der Waals surface area contributed by atoms with Crippen molar-refractivity contribution in [1.82, 2.24) is 10.3 Å².